The zero-order valence-electron chi connectivity index (χ0n) is 16.6. The second-order valence-electron chi connectivity index (χ2n) is 6.88. The molecular weight excluding hydrogens is 376 g/mol. The highest BCUT2D eigenvalue weighted by Gasteiger charge is 2.30. The summed E-state index contributed by atoms with van der Waals surface area (Å²) in [5.74, 6) is 3.17. The van der Waals surface area contributed by atoms with Crippen molar-refractivity contribution >= 4 is 6.08 Å². The van der Waals surface area contributed by atoms with Crippen molar-refractivity contribution in [1.29, 1.82) is 0 Å². The standard InChI is InChI=1S/C22H24O7/c1-24-19-9-14(10-20(25-2)21(19)26-3)7-16-15(11-27-22(16)23)6-13-4-5-17-18(8-13)29-12-28-17/h4-5,7-10,15,22-23H,6,11-12H2,1-3H3/b16-7+/t15-,22?/m0/s1. The summed E-state index contributed by atoms with van der Waals surface area (Å²) in [4.78, 5) is 0. The van der Waals surface area contributed by atoms with Crippen LogP contribution >= 0.6 is 0 Å². The van der Waals surface area contributed by atoms with E-state index in [2.05, 4.69) is 0 Å². The quantitative estimate of drug-likeness (QED) is 0.799. The van der Waals surface area contributed by atoms with Crippen LogP contribution in [0.4, 0.5) is 0 Å². The molecular formula is C22H24O7. The van der Waals surface area contributed by atoms with Crippen molar-refractivity contribution in [2.45, 2.75) is 12.7 Å². The van der Waals surface area contributed by atoms with E-state index >= 15 is 0 Å². The molecule has 1 saturated heterocycles. The van der Waals surface area contributed by atoms with Gasteiger partial charge in [-0.25, -0.2) is 0 Å². The van der Waals surface area contributed by atoms with E-state index in [-0.39, 0.29) is 12.7 Å². The molecule has 4 rings (SSSR count). The Balaban J connectivity index is 1.62. The summed E-state index contributed by atoms with van der Waals surface area (Å²) in [6.07, 6.45) is 1.68. The van der Waals surface area contributed by atoms with E-state index in [1.165, 1.54) is 0 Å². The van der Waals surface area contributed by atoms with Gasteiger partial charge in [-0.2, -0.15) is 0 Å². The van der Waals surface area contributed by atoms with Crippen LogP contribution in [0.2, 0.25) is 0 Å². The van der Waals surface area contributed by atoms with Gasteiger partial charge in [0.1, 0.15) is 0 Å². The molecule has 2 aliphatic rings. The molecule has 0 aromatic heterocycles. The molecule has 0 aliphatic carbocycles. The Morgan fingerprint density at radius 2 is 1.72 bits per heavy atom. The number of ether oxygens (including phenoxy) is 6. The molecule has 1 N–H and O–H groups in total. The number of hydrogen-bond donors (Lipinski definition) is 1. The van der Waals surface area contributed by atoms with Crippen molar-refractivity contribution in [1.82, 2.24) is 0 Å². The highest BCUT2D eigenvalue weighted by Crippen LogP contribution is 2.40. The number of methoxy groups -OCH3 is 3. The zero-order chi connectivity index (χ0) is 20.4. The lowest BCUT2D eigenvalue weighted by molar-refractivity contribution is -0.0408. The molecule has 29 heavy (non-hydrogen) atoms. The summed E-state index contributed by atoms with van der Waals surface area (Å²) in [5.41, 5.74) is 2.72. The first-order chi connectivity index (χ1) is 14.1. The minimum Gasteiger partial charge on any atom is -0.493 e. The molecule has 0 saturated carbocycles. The lowest BCUT2D eigenvalue weighted by atomic mass is 9.92. The molecule has 0 amide bonds. The zero-order valence-corrected chi connectivity index (χ0v) is 16.6. The highest BCUT2D eigenvalue weighted by atomic mass is 16.7. The van der Waals surface area contributed by atoms with Gasteiger partial charge in [0, 0.05) is 5.92 Å². The number of fused-ring (bicyclic) bond motifs is 1. The molecule has 154 valence electrons. The third kappa shape index (κ3) is 3.83. The van der Waals surface area contributed by atoms with Gasteiger partial charge in [0.15, 0.2) is 29.3 Å². The van der Waals surface area contributed by atoms with E-state index in [1.807, 2.05) is 36.4 Å². The summed E-state index contributed by atoms with van der Waals surface area (Å²) in [7, 11) is 4.71. The van der Waals surface area contributed by atoms with Crippen LogP contribution in [0.5, 0.6) is 28.7 Å². The smallest absolute Gasteiger partial charge is 0.231 e. The fraction of sp³-hybridized carbons (Fsp3) is 0.364. The van der Waals surface area contributed by atoms with E-state index in [0.29, 0.717) is 30.3 Å². The number of benzene rings is 2. The average Bonchev–Trinajstić information content (AvgIpc) is 3.34. The molecule has 2 aromatic rings. The Kier molecular flexibility index (Phi) is 5.51. The molecule has 0 radical (unpaired) electrons. The SMILES string of the molecule is COc1cc(/C=C2/C(O)OC[C@@H]2Cc2ccc3c(c2)OCO3)cc(OC)c1OC. The monoisotopic (exact) mass is 400 g/mol. The van der Waals surface area contributed by atoms with Crippen molar-refractivity contribution < 1.29 is 33.5 Å². The van der Waals surface area contributed by atoms with Crippen molar-refractivity contribution in [3.63, 3.8) is 0 Å². The predicted molar refractivity (Wildman–Crippen MR) is 106 cm³/mol. The van der Waals surface area contributed by atoms with Crippen LogP contribution in [0, 0.1) is 5.92 Å². The molecule has 0 bridgehead atoms. The van der Waals surface area contributed by atoms with Crippen LogP contribution in [0.1, 0.15) is 11.1 Å². The lowest BCUT2D eigenvalue weighted by Crippen LogP contribution is -2.10. The van der Waals surface area contributed by atoms with Crippen molar-refractivity contribution in [2.75, 3.05) is 34.7 Å². The Bertz CT molecular complexity index is 896. The van der Waals surface area contributed by atoms with E-state index in [9.17, 15) is 5.11 Å². The van der Waals surface area contributed by atoms with Gasteiger partial charge >= 0.3 is 0 Å². The van der Waals surface area contributed by atoms with Gasteiger partial charge < -0.3 is 33.5 Å². The third-order valence-electron chi connectivity index (χ3n) is 5.15. The third-order valence-corrected chi connectivity index (χ3v) is 5.15. The number of rotatable bonds is 6. The van der Waals surface area contributed by atoms with E-state index in [1.54, 1.807) is 21.3 Å². The van der Waals surface area contributed by atoms with Crippen LogP contribution in [0.3, 0.4) is 0 Å². The number of hydrogen-bond acceptors (Lipinski definition) is 7. The molecule has 7 heteroatoms. The largest absolute Gasteiger partial charge is 0.493 e. The number of aliphatic hydroxyl groups is 1. The minimum atomic E-state index is -0.951. The lowest BCUT2D eigenvalue weighted by Gasteiger charge is -2.15. The van der Waals surface area contributed by atoms with Gasteiger partial charge in [-0.3, -0.25) is 0 Å². The summed E-state index contributed by atoms with van der Waals surface area (Å²) in [6, 6.07) is 9.58. The Hall–Kier alpha value is -2.90. The minimum absolute atomic E-state index is 0.0319. The Morgan fingerprint density at radius 3 is 2.41 bits per heavy atom. The fourth-order valence-electron chi connectivity index (χ4n) is 3.70. The summed E-state index contributed by atoms with van der Waals surface area (Å²) >= 11 is 0. The average molecular weight is 400 g/mol. The molecule has 7 nitrogen and oxygen atoms in total. The van der Waals surface area contributed by atoms with Gasteiger partial charge in [-0.15, -0.1) is 0 Å². The predicted octanol–water partition coefficient (Wildman–Crippen LogP) is 3.03. The first kappa shape index (κ1) is 19.4. The van der Waals surface area contributed by atoms with Gasteiger partial charge in [-0.05, 0) is 47.4 Å². The van der Waals surface area contributed by atoms with Crippen LogP contribution < -0.4 is 23.7 Å². The Morgan fingerprint density at radius 1 is 1.00 bits per heavy atom. The highest BCUT2D eigenvalue weighted by molar-refractivity contribution is 5.64. The molecule has 2 aromatic carbocycles. The summed E-state index contributed by atoms with van der Waals surface area (Å²) in [5, 5.41) is 10.4. The first-order valence-electron chi connectivity index (χ1n) is 9.32. The topological polar surface area (TPSA) is 75.6 Å². The Labute approximate surface area is 169 Å². The van der Waals surface area contributed by atoms with E-state index in [0.717, 1.165) is 28.2 Å². The second kappa shape index (κ2) is 8.23. The van der Waals surface area contributed by atoms with Gasteiger partial charge in [0.2, 0.25) is 12.5 Å². The van der Waals surface area contributed by atoms with E-state index in [4.69, 9.17) is 28.4 Å². The summed E-state index contributed by atoms with van der Waals surface area (Å²) in [6.45, 7) is 0.683. The normalized spacial score (nSPS) is 21.4. The molecule has 2 heterocycles. The number of aliphatic hydroxyl groups excluding tert-OH is 1. The van der Waals surface area contributed by atoms with Crippen LogP contribution in [0.15, 0.2) is 35.9 Å². The molecule has 2 atom stereocenters. The fourth-order valence-corrected chi connectivity index (χ4v) is 3.70. The van der Waals surface area contributed by atoms with Crippen LogP contribution in [0.25, 0.3) is 6.08 Å². The van der Waals surface area contributed by atoms with Crippen molar-refractivity contribution in [2.24, 2.45) is 5.92 Å². The van der Waals surface area contributed by atoms with E-state index < -0.39 is 6.29 Å². The van der Waals surface area contributed by atoms with Crippen LogP contribution in [-0.4, -0.2) is 46.1 Å². The molecule has 1 fully saturated rings. The molecule has 0 spiro atoms. The molecule has 2 aliphatic heterocycles. The maximum absolute atomic E-state index is 10.4. The first-order valence-corrected chi connectivity index (χ1v) is 9.32. The summed E-state index contributed by atoms with van der Waals surface area (Å²) < 4.78 is 32.6. The van der Waals surface area contributed by atoms with Gasteiger partial charge in [0.05, 0.1) is 27.9 Å². The van der Waals surface area contributed by atoms with Crippen LogP contribution in [-0.2, 0) is 11.2 Å². The van der Waals surface area contributed by atoms with Crippen molar-refractivity contribution in [3.05, 3.63) is 47.0 Å². The molecule has 1 unspecified atom stereocenters. The maximum Gasteiger partial charge on any atom is 0.231 e. The van der Waals surface area contributed by atoms with Gasteiger partial charge in [0.25, 0.3) is 0 Å². The maximum atomic E-state index is 10.4. The van der Waals surface area contributed by atoms with Gasteiger partial charge in [-0.1, -0.05) is 12.1 Å². The second-order valence-corrected chi connectivity index (χ2v) is 6.88. The van der Waals surface area contributed by atoms with Crippen molar-refractivity contribution in [3.8, 4) is 28.7 Å².